The van der Waals surface area contributed by atoms with E-state index in [4.69, 9.17) is 0 Å². The van der Waals surface area contributed by atoms with Gasteiger partial charge in [0.15, 0.2) is 0 Å². The van der Waals surface area contributed by atoms with E-state index in [1.807, 2.05) is 36.5 Å². The molecule has 0 fully saturated rings. The molecule has 0 unspecified atom stereocenters. The predicted molar refractivity (Wildman–Crippen MR) is 99.8 cm³/mol. The fraction of sp³-hybridized carbons (Fsp3) is 0.150. The van der Waals surface area contributed by atoms with E-state index in [0.29, 0.717) is 13.1 Å². The van der Waals surface area contributed by atoms with E-state index in [1.54, 1.807) is 18.5 Å². The lowest BCUT2D eigenvalue weighted by Gasteiger charge is -2.05. The van der Waals surface area contributed by atoms with Crippen LogP contribution in [-0.2, 0) is 17.8 Å². The highest BCUT2D eigenvalue weighted by atomic mass is 16.1. The van der Waals surface area contributed by atoms with Gasteiger partial charge in [0.1, 0.15) is 11.6 Å². The molecule has 0 spiro atoms. The van der Waals surface area contributed by atoms with Crippen LogP contribution in [0.15, 0.2) is 66.8 Å². The maximum atomic E-state index is 12.1. The van der Waals surface area contributed by atoms with Crippen molar-refractivity contribution in [2.45, 2.75) is 13.0 Å². The van der Waals surface area contributed by atoms with Crippen LogP contribution in [0.1, 0.15) is 11.1 Å². The standard InChI is InChI=1S/C20H19N5O/c21-10-17(20(26)25-12-15-4-3-8-22-11-15)13-23-9-7-16-14-24-19-6-2-1-5-18(16)19/h1-6,8,11,13-14,23-24H,7,9,12H2,(H,25,26)/b17-13-. The van der Waals surface area contributed by atoms with Crippen molar-refractivity contribution >= 4 is 16.8 Å². The van der Waals surface area contributed by atoms with Gasteiger partial charge in [-0.2, -0.15) is 5.26 Å². The van der Waals surface area contributed by atoms with Gasteiger partial charge in [-0.25, -0.2) is 0 Å². The summed E-state index contributed by atoms with van der Waals surface area (Å²) in [6.07, 6.45) is 7.59. The summed E-state index contributed by atoms with van der Waals surface area (Å²) < 4.78 is 0. The van der Waals surface area contributed by atoms with Gasteiger partial charge in [-0.15, -0.1) is 0 Å². The molecule has 6 heteroatoms. The van der Waals surface area contributed by atoms with E-state index in [9.17, 15) is 10.1 Å². The molecule has 0 aliphatic carbocycles. The number of nitrogens with zero attached hydrogens (tertiary/aromatic N) is 2. The number of amides is 1. The molecule has 130 valence electrons. The first-order valence-corrected chi connectivity index (χ1v) is 8.33. The molecule has 0 saturated carbocycles. The fourth-order valence-electron chi connectivity index (χ4n) is 2.65. The van der Waals surface area contributed by atoms with Crippen molar-refractivity contribution in [1.29, 1.82) is 5.26 Å². The van der Waals surface area contributed by atoms with E-state index >= 15 is 0 Å². The van der Waals surface area contributed by atoms with Crippen LogP contribution in [0.4, 0.5) is 0 Å². The zero-order valence-corrected chi connectivity index (χ0v) is 14.2. The number of pyridine rings is 1. The lowest BCUT2D eigenvalue weighted by atomic mass is 10.1. The molecule has 26 heavy (non-hydrogen) atoms. The van der Waals surface area contributed by atoms with Crippen LogP contribution in [0.25, 0.3) is 10.9 Å². The second-order valence-corrected chi connectivity index (χ2v) is 5.78. The van der Waals surface area contributed by atoms with Gasteiger partial charge in [0.25, 0.3) is 5.91 Å². The maximum Gasteiger partial charge on any atom is 0.263 e. The SMILES string of the molecule is N#C/C(=C/NCCc1c[nH]c2ccccc12)C(=O)NCc1cccnc1. The average molecular weight is 345 g/mol. The van der Waals surface area contributed by atoms with E-state index in [0.717, 1.165) is 17.5 Å². The number of carbonyl (C=O) groups is 1. The smallest absolute Gasteiger partial charge is 0.263 e. The number of benzene rings is 1. The molecule has 0 aliphatic rings. The number of H-pyrrole nitrogens is 1. The molecule has 0 radical (unpaired) electrons. The van der Waals surface area contributed by atoms with Crippen LogP contribution in [0.2, 0.25) is 0 Å². The Morgan fingerprint density at radius 2 is 2.15 bits per heavy atom. The first kappa shape index (κ1) is 17.2. The molecule has 0 atom stereocenters. The minimum Gasteiger partial charge on any atom is -0.389 e. The Morgan fingerprint density at radius 3 is 2.96 bits per heavy atom. The molecule has 1 aromatic carbocycles. The summed E-state index contributed by atoms with van der Waals surface area (Å²) >= 11 is 0. The molecule has 6 nitrogen and oxygen atoms in total. The summed E-state index contributed by atoms with van der Waals surface area (Å²) in [5.41, 5.74) is 3.23. The lowest BCUT2D eigenvalue weighted by Crippen LogP contribution is -2.25. The Balaban J connectivity index is 1.51. The summed E-state index contributed by atoms with van der Waals surface area (Å²) in [5, 5.41) is 16.1. The Morgan fingerprint density at radius 1 is 1.27 bits per heavy atom. The quantitative estimate of drug-likeness (QED) is 0.348. The summed E-state index contributed by atoms with van der Waals surface area (Å²) in [5.74, 6) is -0.407. The second-order valence-electron chi connectivity index (χ2n) is 5.78. The molecular formula is C20H19N5O. The minimum absolute atomic E-state index is 0.0489. The highest BCUT2D eigenvalue weighted by Gasteiger charge is 2.08. The molecule has 0 aliphatic heterocycles. The molecule has 3 N–H and O–H groups in total. The molecule has 0 saturated heterocycles. The van der Waals surface area contributed by atoms with Crippen LogP contribution in [0.5, 0.6) is 0 Å². The van der Waals surface area contributed by atoms with Crippen LogP contribution in [0, 0.1) is 11.3 Å². The van der Waals surface area contributed by atoms with Crippen molar-refractivity contribution in [2.75, 3.05) is 6.54 Å². The Labute approximate surface area is 151 Å². The van der Waals surface area contributed by atoms with E-state index in [2.05, 4.69) is 26.7 Å². The van der Waals surface area contributed by atoms with Crippen molar-refractivity contribution in [2.24, 2.45) is 0 Å². The number of carbonyl (C=O) groups excluding carboxylic acids is 1. The number of fused-ring (bicyclic) bond motifs is 1. The van der Waals surface area contributed by atoms with E-state index in [1.165, 1.54) is 17.1 Å². The first-order chi connectivity index (χ1) is 12.8. The summed E-state index contributed by atoms with van der Waals surface area (Å²) in [7, 11) is 0. The number of nitrogens with one attached hydrogen (secondary N) is 3. The van der Waals surface area contributed by atoms with Crippen LogP contribution in [-0.4, -0.2) is 22.4 Å². The van der Waals surface area contributed by atoms with Gasteiger partial charge in [-0.05, 0) is 29.7 Å². The minimum atomic E-state index is -0.407. The third-order valence-corrected chi connectivity index (χ3v) is 4.00. The van der Waals surface area contributed by atoms with Crippen molar-refractivity contribution < 1.29 is 4.79 Å². The third kappa shape index (κ3) is 4.28. The number of hydrogen-bond donors (Lipinski definition) is 3. The number of hydrogen-bond acceptors (Lipinski definition) is 4. The Hall–Kier alpha value is -3.59. The van der Waals surface area contributed by atoms with Crippen molar-refractivity contribution in [3.63, 3.8) is 0 Å². The van der Waals surface area contributed by atoms with E-state index in [-0.39, 0.29) is 5.57 Å². The van der Waals surface area contributed by atoms with Crippen molar-refractivity contribution in [1.82, 2.24) is 20.6 Å². The molecule has 0 bridgehead atoms. The zero-order valence-electron chi connectivity index (χ0n) is 14.2. The van der Waals surface area contributed by atoms with Gasteiger partial charge >= 0.3 is 0 Å². The molecule has 1 amide bonds. The van der Waals surface area contributed by atoms with Gasteiger partial charge in [-0.1, -0.05) is 24.3 Å². The number of nitriles is 1. The number of aromatic amines is 1. The highest BCUT2D eigenvalue weighted by Crippen LogP contribution is 2.17. The number of para-hydroxylation sites is 1. The third-order valence-electron chi connectivity index (χ3n) is 4.00. The van der Waals surface area contributed by atoms with Gasteiger partial charge in [0, 0.05) is 48.8 Å². The topological polar surface area (TPSA) is 93.6 Å². The summed E-state index contributed by atoms with van der Waals surface area (Å²) in [6.45, 7) is 0.962. The van der Waals surface area contributed by atoms with Gasteiger partial charge < -0.3 is 15.6 Å². The number of rotatable bonds is 7. The predicted octanol–water partition coefficient (Wildman–Crippen LogP) is 2.42. The van der Waals surface area contributed by atoms with Gasteiger partial charge in [0.05, 0.1) is 0 Å². The molecule has 3 aromatic rings. The fourth-order valence-corrected chi connectivity index (χ4v) is 2.65. The van der Waals surface area contributed by atoms with Crippen molar-refractivity contribution in [3.05, 3.63) is 77.9 Å². The number of aromatic nitrogens is 2. The molecular weight excluding hydrogens is 326 g/mol. The zero-order chi connectivity index (χ0) is 18.2. The van der Waals surface area contributed by atoms with Crippen LogP contribution in [0.3, 0.4) is 0 Å². The average Bonchev–Trinajstić information content (AvgIpc) is 3.10. The molecule has 2 heterocycles. The monoisotopic (exact) mass is 345 g/mol. The first-order valence-electron chi connectivity index (χ1n) is 8.33. The normalized spacial score (nSPS) is 11.1. The highest BCUT2D eigenvalue weighted by molar-refractivity contribution is 5.97. The van der Waals surface area contributed by atoms with Gasteiger partial charge in [0.2, 0.25) is 0 Å². The van der Waals surface area contributed by atoms with Crippen LogP contribution < -0.4 is 10.6 Å². The largest absolute Gasteiger partial charge is 0.389 e. The molecule has 3 rings (SSSR count). The van der Waals surface area contributed by atoms with Gasteiger partial charge in [-0.3, -0.25) is 9.78 Å². The summed E-state index contributed by atoms with van der Waals surface area (Å²) in [6, 6.07) is 13.7. The van der Waals surface area contributed by atoms with Crippen LogP contribution >= 0.6 is 0 Å². The maximum absolute atomic E-state index is 12.1. The lowest BCUT2D eigenvalue weighted by molar-refractivity contribution is -0.117. The summed E-state index contributed by atoms with van der Waals surface area (Å²) in [4.78, 5) is 19.3. The van der Waals surface area contributed by atoms with Crippen molar-refractivity contribution in [3.8, 4) is 6.07 Å². The molecule has 2 aromatic heterocycles. The Bertz CT molecular complexity index is 953. The Kier molecular flexibility index (Phi) is 5.63. The van der Waals surface area contributed by atoms with E-state index < -0.39 is 5.91 Å². The second kappa shape index (κ2) is 8.49.